The Hall–Kier alpha value is -2.08. The molecule has 6 heteroatoms. The number of carbonyl (C=O) groups excluding carboxylic acids is 2. The largest absolute Gasteiger partial charge is 0.465 e. The first-order valence-electron chi connectivity index (χ1n) is 9.40. The standard InChI is InChI=1S/C20H26N2O4/c1-25-19(24)14-3-2-4-17(9-14)21-16-5-7-22(8-6-16)18(23)15-10-20(11-15)12-26-13-20/h2-4,9,15-16,21H,5-8,10-13H2,1H3. The summed E-state index contributed by atoms with van der Waals surface area (Å²) < 4.78 is 10.1. The fraction of sp³-hybridized carbons (Fsp3) is 0.600. The van der Waals surface area contributed by atoms with E-state index in [9.17, 15) is 9.59 Å². The highest BCUT2D eigenvalue weighted by atomic mass is 16.5. The van der Waals surface area contributed by atoms with Gasteiger partial charge in [-0.05, 0) is 43.9 Å². The molecule has 0 atom stereocenters. The molecule has 0 aromatic heterocycles. The van der Waals surface area contributed by atoms with Crippen LogP contribution in [-0.2, 0) is 14.3 Å². The molecule has 0 unspecified atom stereocenters. The maximum atomic E-state index is 12.6. The smallest absolute Gasteiger partial charge is 0.337 e. The Labute approximate surface area is 153 Å². The Morgan fingerprint density at radius 3 is 2.58 bits per heavy atom. The molecule has 1 aromatic rings. The second-order valence-electron chi connectivity index (χ2n) is 7.91. The van der Waals surface area contributed by atoms with Crippen LogP contribution in [0.2, 0.25) is 0 Å². The summed E-state index contributed by atoms with van der Waals surface area (Å²) in [4.78, 5) is 26.3. The number of ether oxygens (including phenoxy) is 2. The zero-order valence-electron chi connectivity index (χ0n) is 15.2. The van der Waals surface area contributed by atoms with Crippen LogP contribution in [0, 0.1) is 11.3 Å². The van der Waals surface area contributed by atoms with Crippen molar-refractivity contribution in [1.82, 2.24) is 4.90 Å². The van der Waals surface area contributed by atoms with Crippen molar-refractivity contribution in [2.24, 2.45) is 11.3 Å². The minimum atomic E-state index is -0.329. The average molecular weight is 358 g/mol. The van der Waals surface area contributed by atoms with Gasteiger partial charge in [0, 0.05) is 36.2 Å². The Morgan fingerprint density at radius 1 is 1.23 bits per heavy atom. The van der Waals surface area contributed by atoms with Gasteiger partial charge >= 0.3 is 5.97 Å². The molecule has 1 saturated carbocycles. The Balaban J connectivity index is 1.26. The fourth-order valence-electron chi connectivity index (χ4n) is 4.38. The van der Waals surface area contributed by atoms with Crippen LogP contribution >= 0.6 is 0 Å². The van der Waals surface area contributed by atoms with Crippen LogP contribution in [0.5, 0.6) is 0 Å². The number of anilines is 1. The first-order chi connectivity index (χ1) is 12.6. The number of benzene rings is 1. The highest BCUT2D eigenvalue weighted by Gasteiger charge is 2.52. The number of piperidine rings is 1. The van der Waals surface area contributed by atoms with Gasteiger partial charge in [-0.1, -0.05) is 6.07 Å². The maximum Gasteiger partial charge on any atom is 0.337 e. The highest BCUT2D eigenvalue weighted by molar-refractivity contribution is 5.90. The number of esters is 1. The number of carbonyl (C=O) groups is 2. The number of nitrogens with zero attached hydrogens (tertiary/aromatic N) is 1. The lowest BCUT2D eigenvalue weighted by molar-refractivity contribution is -0.189. The SMILES string of the molecule is COC(=O)c1cccc(NC2CCN(C(=O)C3CC4(COC4)C3)CC2)c1. The topological polar surface area (TPSA) is 67.9 Å². The van der Waals surface area contributed by atoms with E-state index in [1.54, 1.807) is 6.07 Å². The zero-order chi connectivity index (χ0) is 18.1. The summed E-state index contributed by atoms with van der Waals surface area (Å²) in [6.45, 7) is 3.28. The number of methoxy groups -OCH3 is 1. The van der Waals surface area contributed by atoms with E-state index in [1.807, 2.05) is 23.1 Å². The van der Waals surface area contributed by atoms with E-state index in [1.165, 1.54) is 7.11 Å². The molecule has 0 bridgehead atoms. The van der Waals surface area contributed by atoms with Crippen LogP contribution < -0.4 is 5.32 Å². The number of rotatable bonds is 4. The molecule has 1 aromatic carbocycles. The normalized spacial score (nSPS) is 22.4. The predicted octanol–water partition coefficient (Wildman–Crippen LogP) is 2.30. The van der Waals surface area contributed by atoms with Crippen molar-refractivity contribution < 1.29 is 19.1 Å². The van der Waals surface area contributed by atoms with Crippen molar-refractivity contribution in [3.8, 4) is 0 Å². The van der Waals surface area contributed by atoms with Gasteiger partial charge in [0.2, 0.25) is 5.91 Å². The third kappa shape index (κ3) is 3.30. The Morgan fingerprint density at radius 2 is 1.96 bits per heavy atom. The van der Waals surface area contributed by atoms with E-state index in [-0.39, 0.29) is 11.9 Å². The van der Waals surface area contributed by atoms with Crippen LogP contribution in [-0.4, -0.2) is 56.2 Å². The van der Waals surface area contributed by atoms with E-state index < -0.39 is 0 Å². The van der Waals surface area contributed by atoms with Crippen molar-refractivity contribution >= 4 is 17.6 Å². The van der Waals surface area contributed by atoms with Crippen LogP contribution in [0.3, 0.4) is 0 Å². The van der Waals surface area contributed by atoms with Crippen molar-refractivity contribution in [1.29, 1.82) is 0 Å². The maximum absolute atomic E-state index is 12.6. The molecule has 2 aliphatic heterocycles. The summed E-state index contributed by atoms with van der Waals surface area (Å²) in [6.07, 6.45) is 3.86. The molecular weight excluding hydrogens is 332 g/mol. The summed E-state index contributed by atoms with van der Waals surface area (Å²) in [5, 5.41) is 3.49. The number of hydrogen-bond acceptors (Lipinski definition) is 5. The highest BCUT2D eigenvalue weighted by Crippen LogP contribution is 2.51. The average Bonchev–Trinajstić information content (AvgIpc) is 2.59. The minimum Gasteiger partial charge on any atom is -0.465 e. The molecule has 140 valence electrons. The van der Waals surface area contributed by atoms with Crippen molar-refractivity contribution in [3.63, 3.8) is 0 Å². The van der Waals surface area contributed by atoms with E-state index in [0.29, 0.717) is 22.9 Å². The predicted molar refractivity (Wildman–Crippen MR) is 97.0 cm³/mol. The van der Waals surface area contributed by atoms with E-state index in [2.05, 4.69) is 5.32 Å². The van der Waals surface area contributed by atoms with Gasteiger partial charge in [0.15, 0.2) is 0 Å². The monoisotopic (exact) mass is 358 g/mol. The Kier molecular flexibility index (Phi) is 4.61. The lowest BCUT2D eigenvalue weighted by Gasteiger charge is -2.53. The summed E-state index contributed by atoms with van der Waals surface area (Å²) in [5.74, 6) is 0.206. The first kappa shape index (κ1) is 17.3. The molecule has 4 rings (SSSR count). The first-order valence-corrected chi connectivity index (χ1v) is 9.40. The molecule has 1 N–H and O–H groups in total. The van der Waals surface area contributed by atoms with Crippen LogP contribution in [0.25, 0.3) is 0 Å². The molecule has 3 fully saturated rings. The van der Waals surface area contributed by atoms with Gasteiger partial charge in [-0.3, -0.25) is 4.79 Å². The van der Waals surface area contributed by atoms with Gasteiger partial charge in [-0.15, -0.1) is 0 Å². The fourth-order valence-corrected chi connectivity index (χ4v) is 4.38. The molecular formula is C20H26N2O4. The molecule has 1 amide bonds. The van der Waals surface area contributed by atoms with Crippen molar-refractivity contribution in [2.45, 2.75) is 31.7 Å². The van der Waals surface area contributed by atoms with Gasteiger partial charge in [0.05, 0.1) is 25.9 Å². The van der Waals surface area contributed by atoms with E-state index in [0.717, 1.165) is 57.7 Å². The van der Waals surface area contributed by atoms with E-state index in [4.69, 9.17) is 9.47 Å². The van der Waals surface area contributed by atoms with Crippen molar-refractivity contribution in [2.75, 3.05) is 38.7 Å². The molecule has 3 aliphatic rings. The lowest BCUT2D eigenvalue weighted by Crippen LogP contribution is -2.57. The van der Waals surface area contributed by atoms with E-state index >= 15 is 0 Å². The summed E-state index contributed by atoms with van der Waals surface area (Å²) in [5.41, 5.74) is 1.80. The number of likely N-dealkylation sites (tertiary alicyclic amines) is 1. The third-order valence-corrected chi connectivity index (χ3v) is 5.99. The molecule has 0 radical (unpaired) electrons. The number of amides is 1. The minimum absolute atomic E-state index is 0.208. The molecule has 2 saturated heterocycles. The van der Waals surface area contributed by atoms with Gasteiger partial charge in [-0.2, -0.15) is 0 Å². The van der Waals surface area contributed by atoms with Crippen LogP contribution in [0.1, 0.15) is 36.0 Å². The Bertz CT molecular complexity index is 685. The molecule has 26 heavy (non-hydrogen) atoms. The van der Waals surface area contributed by atoms with Gasteiger partial charge in [-0.25, -0.2) is 4.79 Å². The molecule has 6 nitrogen and oxygen atoms in total. The van der Waals surface area contributed by atoms with Gasteiger partial charge < -0.3 is 19.7 Å². The summed E-state index contributed by atoms with van der Waals surface area (Å²) in [7, 11) is 1.39. The molecule has 1 aliphatic carbocycles. The van der Waals surface area contributed by atoms with Crippen molar-refractivity contribution in [3.05, 3.63) is 29.8 Å². The van der Waals surface area contributed by atoms with Crippen LogP contribution in [0.4, 0.5) is 5.69 Å². The summed E-state index contributed by atoms with van der Waals surface area (Å²) in [6, 6.07) is 7.69. The quantitative estimate of drug-likeness (QED) is 0.837. The molecule has 1 spiro atoms. The van der Waals surface area contributed by atoms with Crippen LogP contribution in [0.15, 0.2) is 24.3 Å². The number of nitrogens with one attached hydrogen (secondary N) is 1. The van der Waals surface area contributed by atoms with Gasteiger partial charge in [0.25, 0.3) is 0 Å². The zero-order valence-corrected chi connectivity index (χ0v) is 15.2. The van der Waals surface area contributed by atoms with Gasteiger partial charge in [0.1, 0.15) is 0 Å². The number of hydrogen-bond donors (Lipinski definition) is 1. The second kappa shape index (κ2) is 6.91. The second-order valence-corrected chi connectivity index (χ2v) is 7.91. The summed E-state index contributed by atoms with van der Waals surface area (Å²) >= 11 is 0. The molecule has 2 heterocycles. The third-order valence-electron chi connectivity index (χ3n) is 5.99. The lowest BCUT2D eigenvalue weighted by atomic mass is 9.60.